The molecule has 0 bridgehead atoms. The standard InChI is InChI=1S/C22H28O8/c1-6-9-21(17(23)27-2,18(24)28-3)11-14-7-8-15-12-22(19(25)29-4,20(26)30-5)13-16(15)10-14/h6-8,16H,1,9-13H2,2-5H3. The van der Waals surface area contributed by atoms with E-state index >= 15 is 0 Å². The van der Waals surface area contributed by atoms with Gasteiger partial charge >= 0.3 is 23.9 Å². The molecule has 164 valence electrons. The first-order chi connectivity index (χ1) is 14.2. The summed E-state index contributed by atoms with van der Waals surface area (Å²) >= 11 is 0. The maximum atomic E-state index is 12.5. The molecule has 2 rings (SSSR count). The highest BCUT2D eigenvalue weighted by molar-refractivity contribution is 6.01. The monoisotopic (exact) mass is 420 g/mol. The van der Waals surface area contributed by atoms with E-state index in [4.69, 9.17) is 18.9 Å². The van der Waals surface area contributed by atoms with Crippen LogP contribution in [0.1, 0.15) is 32.1 Å². The van der Waals surface area contributed by atoms with Crippen molar-refractivity contribution < 1.29 is 38.1 Å². The van der Waals surface area contributed by atoms with Crippen LogP contribution in [0.25, 0.3) is 0 Å². The smallest absolute Gasteiger partial charge is 0.323 e. The van der Waals surface area contributed by atoms with Crippen LogP contribution in [0, 0.1) is 16.7 Å². The van der Waals surface area contributed by atoms with Gasteiger partial charge in [-0.1, -0.05) is 29.4 Å². The molecule has 0 amide bonds. The highest BCUT2D eigenvalue weighted by Crippen LogP contribution is 2.51. The van der Waals surface area contributed by atoms with Crippen LogP contribution in [-0.4, -0.2) is 52.3 Å². The molecule has 1 unspecified atom stereocenters. The summed E-state index contributed by atoms with van der Waals surface area (Å²) in [6.45, 7) is 3.65. The zero-order valence-electron chi connectivity index (χ0n) is 17.8. The van der Waals surface area contributed by atoms with Crippen LogP contribution < -0.4 is 0 Å². The lowest BCUT2D eigenvalue weighted by atomic mass is 9.75. The number of methoxy groups -OCH3 is 4. The van der Waals surface area contributed by atoms with Gasteiger partial charge in [0, 0.05) is 0 Å². The Morgan fingerprint density at radius 2 is 1.60 bits per heavy atom. The van der Waals surface area contributed by atoms with E-state index < -0.39 is 34.7 Å². The van der Waals surface area contributed by atoms with Crippen molar-refractivity contribution in [1.82, 2.24) is 0 Å². The molecule has 0 aromatic rings. The molecule has 0 saturated heterocycles. The highest BCUT2D eigenvalue weighted by atomic mass is 16.6. The fourth-order valence-electron chi connectivity index (χ4n) is 4.53. The van der Waals surface area contributed by atoms with Gasteiger partial charge in [-0.3, -0.25) is 19.2 Å². The molecule has 30 heavy (non-hydrogen) atoms. The first kappa shape index (κ1) is 23.4. The predicted molar refractivity (Wildman–Crippen MR) is 106 cm³/mol. The average molecular weight is 420 g/mol. The van der Waals surface area contributed by atoms with E-state index in [0.29, 0.717) is 6.42 Å². The second-order valence-electron chi connectivity index (χ2n) is 7.65. The Morgan fingerprint density at radius 1 is 1.03 bits per heavy atom. The third-order valence-electron chi connectivity index (χ3n) is 5.99. The normalized spacial score (nSPS) is 19.5. The summed E-state index contributed by atoms with van der Waals surface area (Å²) in [6, 6.07) is 0. The van der Waals surface area contributed by atoms with Crippen molar-refractivity contribution in [3.05, 3.63) is 36.0 Å². The van der Waals surface area contributed by atoms with Crippen molar-refractivity contribution in [2.24, 2.45) is 16.7 Å². The van der Waals surface area contributed by atoms with Crippen LogP contribution in [-0.2, 0) is 38.1 Å². The minimum absolute atomic E-state index is 0.0547. The average Bonchev–Trinajstić information content (AvgIpc) is 3.16. The Balaban J connectivity index is 2.32. The highest BCUT2D eigenvalue weighted by Gasteiger charge is 2.56. The fraction of sp³-hybridized carbons (Fsp3) is 0.545. The van der Waals surface area contributed by atoms with Crippen molar-refractivity contribution >= 4 is 23.9 Å². The lowest BCUT2D eigenvalue weighted by Gasteiger charge is -2.30. The van der Waals surface area contributed by atoms with Crippen molar-refractivity contribution in [2.75, 3.05) is 28.4 Å². The largest absolute Gasteiger partial charge is 0.468 e. The van der Waals surface area contributed by atoms with Gasteiger partial charge in [0.15, 0.2) is 10.8 Å². The van der Waals surface area contributed by atoms with Gasteiger partial charge in [-0.25, -0.2) is 0 Å². The fourth-order valence-corrected chi connectivity index (χ4v) is 4.53. The summed E-state index contributed by atoms with van der Waals surface area (Å²) in [6.07, 6.45) is 6.21. The van der Waals surface area contributed by atoms with Gasteiger partial charge in [0.1, 0.15) is 0 Å². The van der Waals surface area contributed by atoms with E-state index in [1.165, 1.54) is 34.5 Å². The van der Waals surface area contributed by atoms with E-state index in [0.717, 1.165) is 11.1 Å². The van der Waals surface area contributed by atoms with E-state index in [1.807, 2.05) is 12.2 Å². The van der Waals surface area contributed by atoms with E-state index in [1.54, 1.807) is 0 Å². The number of fused-ring (bicyclic) bond motifs is 1. The lowest BCUT2D eigenvalue weighted by Crippen LogP contribution is -2.41. The van der Waals surface area contributed by atoms with Crippen molar-refractivity contribution in [3.63, 3.8) is 0 Å². The summed E-state index contributed by atoms with van der Waals surface area (Å²) in [7, 11) is 4.91. The Morgan fingerprint density at radius 3 is 2.07 bits per heavy atom. The zero-order chi connectivity index (χ0) is 22.5. The number of allylic oxidation sites excluding steroid dienone is 5. The molecule has 1 atom stereocenters. The summed E-state index contributed by atoms with van der Waals surface area (Å²) in [4.78, 5) is 50.0. The minimum Gasteiger partial charge on any atom is -0.468 e. The van der Waals surface area contributed by atoms with E-state index in [9.17, 15) is 19.2 Å². The summed E-state index contributed by atoms with van der Waals surface area (Å²) in [5, 5.41) is 0. The number of hydrogen-bond acceptors (Lipinski definition) is 8. The molecule has 0 heterocycles. The first-order valence-corrected chi connectivity index (χ1v) is 9.57. The van der Waals surface area contributed by atoms with Gasteiger partial charge in [-0.2, -0.15) is 0 Å². The molecule has 0 aromatic heterocycles. The van der Waals surface area contributed by atoms with Crippen LogP contribution in [0.15, 0.2) is 36.0 Å². The molecule has 2 aliphatic carbocycles. The second kappa shape index (κ2) is 9.28. The van der Waals surface area contributed by atoms with Crippen molar-refractivity contribution in [1.29, 1.82) is 0 Å². The summed E-state index contributed by atoms with van der Waals surface area (Å²) in [5.74, 6) is -2.77. The molecular weight excluding hydrogens is 392 g/mol. The van der Waals surface area contributed by atoms with Gasteiger partial charge in [0.2, 0.25) is 0 Å². The molecule has 8 nitrogen and oxygen atoms in total. The molecule has 0 aliphatic heterocycles. The van der Waals surface area contributed by atoms with E-state index in [2.05, 4.69) is 6.58 Å². The van der Waals surface area contributed by atoms with Gasteiger partial charge in [-0.15, -0.1) is 6.58 Å². The predicted octanol–water partition coefficient (Wildman–Crippen LogP) is 2.28. The number of carbonyl (C=O) groups is 4. The maximum Gasteiger partial charge on any atom is 0.323 e. The van der Waals surface area contributed by atoms with Crippen LogP contribution in [0.4, 0.5) is 0 Å². The van der Waals surface area contributed by atoms with Crippen LogP contribution in [0.5, 0.6) is 0 Å². The van der Waals surface area contributed by atoms with Gasteiger partial charge in [-0.05, 0) is 38.0 Å². The van der Waals surface area contributed by atoms with Crippen LogP contribution in [0.3, 0.4) is 0 Å². The van der Waals surface area contributed by atoms with Gasteiger partial charge in [0.25, 0.3) is 0 Å². The first-order valence-electron chi connectivity index (χ1n) is 9.57. The molecule has 0 aromatic carbocycles. The number of esters is 4. The molecule has 2 aliphatic rings. The minimum atomic E-state index is -1.54. The van der Waals surface area contributed by atoms with Crippen molar-refractivity contribution in [2.45, 2.75) is 32.1 Å². The number of hydrogen-bond donors (Lipinski definition) is 0. The van der Waals surface area contributed by atoms with E-state index in [-0.39, 0.29) is 31.6 Å². The molecule has 0 radical (unpaired) electrons. The Bertz CT molecular complexity index is 772. The summed E-state index contributed by atoms with van der Waals surface area (Å²) in [5.41, 5.74) is -1.18. The number of rotatable bonds is 8. The van der Waals surface area contributed by atoms with Crippen LogP contribution >= 0.6 is 0 Å². The molecule has 1 fully saturated rings. The molecule has 0 spiro atoms. The Kier molecular flexibility index (Phi) is 7.23. The topological polar surface area (TPSA) is 105 Å². The number of ether oxygens (including phenoxy) is 4. The van der Waals surface area contributed by atoms with Crippen molar-refractivity contribution in [3.8, 4) is 0 Å². The zero-order valence-corrected chi connectivity index (χ0v) is 17.8. The lowest BCUT2D eigenvalue weighted by molar-refractivity contribution is -0.170. The van der Waals surface area contributed by atoms with Gasteiger partial charge < -0.3 is 18.9 Å². The second-order valence-corrected chi connectivity index (χ2v) is 7.65. The molecule has 8 heteroatoms. The molecular formula is C22H28O8. The SMILES string of the molecule is C=CCC(CC1=CC=C2CC(C(=O)OC)(C(=O)OC)CC2C1)(C(=O)OC)C(=O)OC. The number of carbonyl (C=O) groups excluding carboxylic acids is 4. The Labute approximate surface area is 175 Å². The van der Waals surface area contributed by atoms with Gasteiger partial charge in [0.05, 0.1) is 28.4 Å². The molecule has 0 N–H and O–H groups in total. The summed E-state index contributed by atoms with van der Waals surface area (Å²) < 4.78 is 19.5. The van der Waals surface area contributed by atoms with Crippen LogP contribution in [0.2, 0.25) is 0 Å². The molecule has 1 saturated carbocycles. The quantitative estimate of drug-likeness (QED) is 0.255. The maximum absolute atomic E-state index is 12.5. The Hall–Kier alpha value is -2.90. The third kappa shape index (κ3) is 3.91. The third-order valence-corrected chi connectivity index (χ3v) is 5.99.